The van der Waals surface area contributed by atoms with E-state index in [1.54, 1.807) is 40.3 Å². The zero-order valence-corrected chi connectivity index (χ0v) is 31.7. The molecule has 48 heavy (non-hydrogen) atoms. The molecule has 0 saturated heterocycles. The van der Waals surface area contributed by atoms with Gasteiger partial charge in [0.1, 0.15) is 12.4 Å². The number of benzene rings is 2. The van der Waals surface area contributed by atoms with E-state index in [0.717, 1.165) is 43.9 Å². The number of nitrogens with zero attached hydrogens (tertiary/aromatic N) is 3. The van der Waals surface area contributed by atoms with Gasteiger partial charge < -0.3 is 23.9 Å². The van der Waals surface area contributed by atoms with Gasteiger partial charge in [0.2, 0.25) is 5.88 Å². The van der Waals surface area contributed by atoms with Gasteiger partial charge in [-0.05, 0) is 60.9 Å². The van der Waals surface area contributed by atoms with Crippen molar-refractivity contribution in [2.45, 2.75) is 50.5 Å². The normalized spacial score (nSPS) is 12.4. The summed E-state index contributed by atoms with van der Waals surface area (Å²) in [4.78, 5) is 21.7. The van der Waals surface area contributed by atoms with Crippen LogP contribution in [0.15, 0.2) is 90.1 Å². The first-order valence-electron chi connectivity index (χ1n) is 15.2. The van der Waals surface area contributed by atoms with E-state index < -0.39 is 26.5 Å². The number of carbonyl (C=O) groups excluding carboxylic acids is 1. The van der Waals surface area contributed by atoms with E-state index in [1.165, 1.54) is 18.0 Å². The van der Waals surface area contributed by atoms with Crippen molar-refractivity contribution in [2.24, 2.45) is 5.41 Å². The third kappa shape index (κ3) is 9.00. The third-order valence-electron chi connectivity index (χ3n) is 8.13. The summed E-state index contributed by atoms with van der Waals surface area (Å²) < 4.78 is 38.1. The summed E-state index contributed by atoms with van der Waals surface area (Å²) in [5.74, 6) is 0.315. The smallest absolute Gasteiger partial charge is 0.550 e. The van der Waals surface area contributed by atoms with Crippen LogP contribution in [0.2, 0.25) is 0 Å². The second-order valence-corrected chi connectivity index (χ2v) is 15.7. The zero-order valence-electron chi connectivity index (χ0n) is 28.1. The molecule has 0 aliphatic rings. The number of aliphatic carboxylic acids is 1. The molecule has 0 radical (unpaired) electrons. The summed E-state index contributed by atoms with van der Waals surface area (Å²) in [6.45, 7) is 5.73. The van der Waals surface area contributed by atoms with Gasteiger partial charge in [0.25, 0.3) is 0 Å². The van der Waals surface area contributed by atoms with Crippen LogP contribution < -0.4 is 44.1 Å². The number of thioether (sulfide) groups is 1. The Morgan fingerprint density at radius 1 is 1.02 bits per heavy atom. The number of pyridine rings is 2. The molecule has 5 rings (SSSR count). The molecule has 3 aromatic heterocycles. The fourth-order valence-electron chi connectivity index (χ4n) is 5.08. The summed E-state index contributed by atoms with van der Waals surface area (Å²) in [5.41, 5.74) is 4.25. The number of carboxylic acids is 1. The van der Waals surface area contributed by atoms with Gasteiger partial charge in [0.15, 0.2) is 9.84 Å². The summed E-state index contributed by atoms with van der Waals surface area (Å²) in [6, 6.07) is 23.4. The van der Waals surface area contributed by atoms with Crippen molar-refractivity contribution in [3.63, 3.8) is 0 Å². The molecule has 3 heterocycles. The SMILES string of the molecule is COc1ccc(-c2ccc(Cn3c(CC(C)(C)C(=O)[O-])c(SCC(C)S(C)(=O)=O)c4cc(OCc5ccccn5)ccc43)cc2)cn1.[Na+]. The molecule has 0 bridgehead atoms. The van der Waals surface area contributed by atoms with Gasteiger partial charge in [-0.15, -0.1) is 11.8 Å². The van der Waals surface area contributed by atoms with E-state index in [0.29, 0.717) is 23.9 Å². The van der Waals surface area contributed by atoms with Crippen LogP contribution in [0.25, 0.3) is 22.0 Å². The first-order chi connectivity index (χ1) is 22.4. The Bertz CT molecular complexity index is 1960. The zero-order chi connectivity index (χ0) is 33.8. The predicted octanol–water partition coefficient (Wildman–Crippen LogP) is 2.58. The Morgan fingerprint density at radius 3 is 2.35 bits per heavy atom. The summed E-state index contributed by atoms with van der Waals surface area (Å²) >= 11 is 1.42. The molecule has 5 aromatic rings. The molecule has 12 heteroatoms. The van der Waals surface area contributed by atoms with E-state index in [-0.39, 0.29) is 42.6 Å². The van der Waals surface area contributed by atoms with Crippen molar-refractivity contribution in [1.29, 1.82) is 0 Å². The molecule has 0 spiro atoms. The fraction of sp³-hybridized carbons (Fsp3) is 0.306. The van der Waals surface area contributed by atoms with E-state index in [2.05, 4.69) is 14.5 Å². The molecular weight excluding hydrogens is 658 g/mol. The maximum Gasteiger partial charge on any atom is 1.00 e. The standard InChI is InChI=1S/C36H39N3O6S2.Na/c1-24(47(5,42)43)23-46-34-30-18-29(45-22-28-8-6-7-17-37-28)14-15-31(30)39(32(34)19-36(2,3)35(40)41)21-25-9-11-26(12-10-25)27-13-16-33(44-4)38-20-27;/h6-18,20,24H,19,21-23H2,1-5H3,(H,40,41);/q;+1/p-1. The minimum atomic E-state index is -3.28. The Morgan fingerprint density at radius 2 is 1.75 bits per heavy atom. The van der Waals surface area contributed by atoms with Crippen LogP contribution in [0.1, 0.15) is 37.7 Å². The monoisotopic (exact) mass is 695 g/mol. The van der Waals surface area contributed by atoms with Crippen LogP contribution in [0.3, 0.4) is 0 Å². The number of hydrogen-bond acceptors (Lipinski definition) is 9. The number of aromatic nitrogens is 3. The average molecular weight is 696 g/mol. The summed E-state index contributed by atoms with van der Waals surface area (Å²) in [6.07, 6.45) is 4.89. The third-order valence-corrected chi connectivity index (χ3v) is 11.4. The van der Waals surface area contributed by atoms with Crippen LogP contribution in [0.4, 0.5) is 0 Å². The van der Waals surface area contributed by atoms with E-state index in [9.17, 15) is 18.3 Å². The molecule has 2 aromatic carbocycles. The second kappa shape index (κ2) is 15.9. The molecule has 0 saturated carbocycles. The van der Waals surface area contributed by atoms with Crippen molar-refractivity contribution in [2.75, 3.05) is 19.1 Å². The molecule has 246 valence electrons. The van der Waals surface area contributed by atoms with Crippen molar-refractivity contribution in [3.05, 3.63) is 102 Å². The molecule has 0 aliphatic heterocycles. The van der Waals surface area contributed by atoms with Crippen molar-refractivity contribution < 1.29 is 57.3 Å². The Kier molecular flexibility index (Phi) is 12.4. The molecule has 9 nitrogen and oxygen atoms in total. The average Bonchev–Trinajstić information content (AvgIpc) is 3.33. The van der Waals surface area contributed by atoms with Gasteiger partial charge in [-0.2, -0.15) is 0 Å². The van der Waals surface area contributed by atoms with Crippen molar-refractivity contribution >= 4 is 38.5 Å². The van der Waals surface area contributed by atoms with Crippen LogP contribution in [0.5, 0.6) is 11.6 Å². The number of rotatable bonds is 14. The predicted molar refractivity (Wildman–Crippen MR) is 183 cm³/mol. The molecule has 0 aliphatic carbocycles. The maximum absolute atomic E-state index is 12.4. The van der Waals surface area contributed by atoms with E-state index in [4.69, 9.17) is 9.47 Å². The second-order valence-electron chi connectivity index (χ2n) is 12.2. The van der Waals surface area contributed by atoms with Crippen LogP contribution in [0, 0.1) is 5.41 Å². The molecular formula is C36H38N3NaO6S2. The van der Waals surface area contributed by atoms with Gasteiger partial charge in [-0.3, -0.25) is 4.98 Å². The number of hydrogen-bond donors (Lipinski definition) is 0. The fourth-order valence-corrected chi connectivity index (χ4v) is 7.34. The number of sulfone groups is 1. The largest absolute Gasteiger partial charge is 1.00 e. The topological polar surface area (TPSA) is 123 Å². The Hall–Kier alpha value is -3.35. The number of carboxylic acid groups (broad SMARTS) is 1. The van der Waals surface area contributed by atoms with E-state index in [1.807, 2.05) is 72.8 Å². The van der Waals surface area contributed by atoms with Gasteiger partial charge in [-0.1, -0.05) is 44.2 Å². The van der Waals surface area contributed by atoms with Crippen LogP contribution in [-0.2, 0) is 34.2 Å². The molecule has 1 unspecified atom stereocenters. The molecule has 0 amide bonds. The van der Waals surface area contributed by atoms with Gasteiger partial charge >= 0.3 is 29.6 Å². The Labute approximate surface area is 308 Å². The summed E-state index contributed by atoms with van der Waals surface area (Å²) in [5, 5.41) is 12.5. The number of carbonyl (C=O) groups is 1. The van der Waals surface area contributed by atoms with Gasteiger partial charge in [0, 0.05) is 75.5 Å². The van der Waals surface area contributed by atoms with Crippen LogP contribution in [-0.4, -0.2) is 53.3 Å². The number of fused-ring (bicyclic) bond motifs is 1. The molecule has 1 atom stereocenters. The Balaban J connectivity index is 0.00000520. The van der Waals surface area contributed by atoms with Crippen molar-refractivity contribution in [1.82, 2.24) is 14.5 Å². The summed E-state index contributed by atoms with van der Waals surface area (Å²) in [7, 11) is -1.70. The first-order valence-corrected chi connectivity index (χ1v) is 18.1. The number of ether oxygens (including phenoxy) is 2. The minimum absolute atomic E-state index is 0. The quantitative estimate of drug-likeness (QED) is 0.127. The minimum Gasteiger partial charge on any atom is -0.550 e. The molecule has 0 N–H and O–H groups in total. The van der Waals surface area contributed by atoms with Crippen LogP contribution >= 0.6 is 11.8 Å². The van der Waals surface area contributed by atoms with Gasteiger partial charge in [0.05, 0.1) is 18.1 Å². The maximum atomic E-state index is 12.4. The number of methoxy groups -OCH3 is 1. The van der Waals surface area contributed by atoms with Gasteiger partial charge in [-0.25, -0.2) is 13.4 Å². The van der Waals surface area contributed by atoms with Crippen molar-refractivity contribution in [3.8, 4) is 22.8 Å². The first kappa shape index (κ1) is 37.5. The van der Waals surface area contributed by atoms with E-state index >= 15 is 0 Å². The molecule has 0 fully saturated rings.